The molecule has 1 aliphatic rings. The van der Waals surface area contributed by atoms with E-state index >= 15 is 0 Å². The van der Waals surface area contributed by atoms with Gasteiger partial charge in [-0.05, 0) is 41.8 Å². The molecule has 1 aliphatic heterocycles. The molecule has 136 valence electrons. The number of carbonyl (C=O) groups is 2. The van der Waals surface area contributed by atoms with Crippen LogP contribution in [-0.2, 0) is 24.3 Å². The predicted octanol–water partition coefficient (Wildman–Crippen LogP) is 1.38. The number of hydrogen-bond acceptors (Lipinski definition) is 5. The lowest BCUT2D eigenvalue weighted by Crippen LogP contribution is -2.35. The van der Waals surface area contributed by atoms with Crippen molar-refractivity contribution in [1.82, 2.24) is 14.8 Å². The number of fused-ring (bicyclic) bond motifs is 1. The Balaban J connectivity index is 1.70. The molecule has 0 bridgehead atoms. The molecule has 0 saturated carbocycles. The van der Waals surface area contributed by atoms with Crippen LogP contribution in [0.25, 0.3) is 0 Å². The Kier molecular flexibility index (Phi) is 5.18. The maximum atomic E-state index is 12.7. The van der Waals surface area contributed by atoms with Gasteiger partial charge >= 0.3 is 5.97 Å². The molecule has 3 N–H and O–H groups in total. The Morgan fingerprint density at radius 3 is 2.81 bits per heavy atom. The van der Waals surface area contributed by atoms with E-state index in [0.717, 1.165) is 23.2 Å². The van der Waals surface area contributed by atoms with Crippen LogP contribution in [0.3, 0.4) is 0 Å². The second kappa shape index (κ2) is 7.53. The number of nitrogen functional groups attached to an aromatic ring is 1. The zero-order valence-electron chi connectivity index (χ0n) is 14.7. The number of carboxylic acids is 1. The number of benzene rings is 1. The smallest absolute Gasteiger partial charge is 0.317 e. The average molecular weight is 354 g/mol. The minimum atomic E-state index is -0.822. The van der Waals surface area contributed by atoms with Crippen LogP contribution in [0, 0.1) is 0 Å². The molecular formula is C19H22N4O3. The summed E-state index contributed by atoms with van der Waals surface area (Å²) >= 11 is 0. The number of carboxylic acid groups (broad SMARTS) is 1. The Morgan fingerprint density at radius 1 is 1.27 bits per heavy atom. The first kappa shape index (κ1) is 17.9. The molecule has 0 aliphatic carbocycles. The minimum absolute atomic E-state index is 0.0378. The molecule has 7 heteroatoms. The van der Waals surface area contributed by atoms with Crippen LogP contribution < -0.4 is 5.73 Å². The van der Waals surface area contributed by atoms with Crippen molar-refractivity contribution in [3.63, 3.8) is 0 Å². The van der Waals surface area contributed by atoms with Gasteiger partial charge in [0.25, 0.3) is 5.91 Å². The molecule has 1 amide bonds. The van der Waals surface area contributed by atoms with Gasteiger partial charge in [0.05, 0.1) is 18.8 Å². The number of anilines is 1. The van der Waals surface area contributed by atoms with E-state index in [-0.39, 0.29) is 12.5 Å². The average Bonchev–Trinajstić information content (AvgIpc) is 2.60. The number of pyridine rings is 1. The van der Waals surface area contributed by atoms with Crippen LogP contribution >= 0.6 is 0 Å². The fraction of sp³-hybridized carbons (Fsp3) is 0.316. The first-order valence-corrected chi connectivity index (χ1v) is 8.45. The molecule has 0 atom stereocenters. The van der Waals surface area contributed by atoms with E-state index in [0.29, 0.717) is 31.0 Å². The van der Waals surface area contributed by atoms with Gasteiger partial charge in [-0.1, -0.05) is 12.1 Å². The third kappa shape index (κ3) is 4.18. The topological polar surface area (TPSA) is 99.8 Å². The molecule has 3 rings (SSSR count). The lowest BCUT2D eigenvalue weighted by molar-refractivity contribution is -0.138. The van der Waals surface area contributed by atoms with Gasteiger partial charge in [-0.15, -0.1) is 0 Å². The number of nitrogens with zero attached hydrogens (tertiary/aromatic N) is 3. The van der Waals surface area contributed by atoms with Crippen LogP contribution in [0.4, 0.5) is 5.82 Å². The van der Waals surface area contributed by atoms with Crippen LogP contribution in [-0.4, -0.2) is 51.9 Å². The van der Waals surface area contributed by atoms with E-state index in [1.165, 1.54) is 0 Å². The molecule has 26 heavy (non-hydrogen) atoms. The van der Waals surface area contributed by atoms with E-state index < -0.39 is 5.97 Å². The fourth-order valence-corrected chi connectivity index (χ4v) is 3.19. The summed E-state index contributed by atoms with van der Waals surface area (Å²) in [6.45, 7) is 1.70. The molecule has 0 unspecified atom stereocenters. The van der Waals surface area contributed by atoms with Gasteiger partial charge in [-0.25, -0.2) is 4.98 Å². The molecule has 0 spiro atoms. The maximum absolute atomic E-state index is 12.7. The molecule has 0 radical (unpaired) electrons. The maximum Gasteiger partial charge on any atom is 0.317 e. The monoisotopic (exact) mass is 354 g/mol. The zero-order chi connectivity index (χ0) is 18.7. The molecule has 0 saturated heterocycles. The normalized spacial score (nSPS) is 13.9. The van der Waals surface area contributed by atoms with Crippen molar-refractivity contribution in [3.8, 4) is 0 Å². The number of carbonyl (C=O) groups excluding carboxylic acids is 1. The summed E-state index contributed by atoms with van der Waals surface area (Å²) in [6, 6.07) is 11.0. The number of aromatic nitrogens is 1. The SMILES string of the molecule is CN(Cc1cccc(N)n1)C(=O)c1ccc2c(c1)CCN(CC(=O)O)C2. The van der Waals surface area contributed by atoms with Gasteiger partial charge in [-0.3, -0.25) is 14.5 Å². The van der Waals surface area contributed by atoms with Crippen molar-refractivity contribution < 1.29 is 14.7 Å². The summed E-state index contributed by atoms with van der Waals surface area (Å²) in [6.07, 6.45) is 0.740. The van der Waals surface area contributed by atoms with E-state index in [1.54, 1.807) is 24.1 Å². The van der Waals surface area contributed by atoms with Crippen LogP contribution in [0.5, 0.6) is 0 Å². The van der Waals surface area contributed by atoms with Crippen LogP contribution in [0.1, 0.15) is 27.2 Å². The lowest BCUT2D eigenvalue weighted by atomic mass is 9.97. The number of aliphatic carboxylic acids is 1. The largest absolute Gasteiger partial charge is 0.480 e. The first-order valence-electron chi connectivity index (χ1n) is 8.45. The van der Waals surface area contributed by atoms with Gasteiger partial charge < -0.3 is 15.7 Å². The van der Waals surface area contributed by atoms with Gasteiger partial charge in [0.2, 0.25) is 0 Å². The molecular weight excluding hydrogens is 332 g/mol. The van der Waals surface area contributed by atoms with E-state index in [4.69, 9.17) is 10.8 Å². The van der Waals surface area contributed by atoms with Gasteiger partial charge in [0.1, 0.15) is 5.82 Å². The highest BCUT2D eigenvalue weighted by atomic mass is 16.4. The Bertz CT molecular complexity index is 837. The Morgan fingerprint density at radius 2 is 2.08 bits per heavy atom. The van der Waals surface area contributed by atoms with E-state index in [9.17, 15) is 9.59 Å². The third-order valence-electron chi connectivity index (χ3n) is 4.48. The molecule has 2 heterocycles. The molecule has 0 fully saturated rings. The third-order valence-corrected chi connectivity index (χ3v) is 4.48. The standard InChI is InChI=1S/C19H22N4O3/c1-22(11-16-3-2-4-17(20)21-16)19(26)14-5-6-15-10-23(12-18(24)25)8-7-13(15)9-14/h2-6,9H,7-8,10-12H2,1H3,(H2,20,21)(H,24,25). The molecule has 2 aromatic rings. The van der Waals surface area contributed by atoms with Crippen molar-refractivity contribution in [2.24, 2.45) is 0 Å². The predicted molar refractivity (Wildman–Crippen MR) is 97.5 cm³/mol. The Labute approximate surface area is 152 Å². The second-order valence-corrected chi connectivity index (χ2v) is 6.55. The van der Waals surface area contributed by atoms with Gasteiger partial charge in [0.15, 0.2) is 0 Å². The van der Waals surface area contributed by atoms with Crippen molar-refractivity contribution in [2.45, 2.75) is 19.5 Å². The van der Waals surface area contributed by atoms with Crippen molar-refractivity contribution in [2.75, 3.05) is 25.9 Å². The second-order valence-electron chi connectivity index (χ2n) is 6.55. The number of hydrogen-bond donors (Lipinski definition) is 2. The van der Waals surface area contributed by atoms with Gasteiger partial charge in [0, 0.05) is 25.7 Å². The van der Waals surface area contributed by atoms with E-state index in [1.807, 2.05) is 29.2 Å². The van der Waals surface area contributed by atoms with Gasteiger partial charge in [-0.2, -0.15) is 0 Å². The van der Waals surface area contributed by atoms with E-state index in [2.05, 4.69) is 4.98 Å². The number of rotatable bonds is 5. The zero-order valence-corrected chi connectivity index (χ0v) is 14.7. The highest BCUT2D eigenvalue weighted by Gasteiger charge is 2.20. The van der Waals surface area contributed by atoms with Crippen LogP contribution in [0.2, 0.25) is 0 Å². The van der Waals surface area contributed by atoms with Crippen LogP contribution in [0.15, 0.2) is 36.4 Å². The first-order chi connectivity index (χ1) is 12.4. The summed E-state index contributed by atoms with van der Waals surface area (Å²) in [5.74, 6) is -0.468. The minimum Gasteiger partial charge on any atom is -0.480 e. The highest BCUT2D eigenvalue weighted by molar-refractivity contribution is 5.94. The highest BCUT2D eigenvalue weighted by Crippen LogP contribution is 2.21. The van der Waals surface area contributed by atoms with Crippen molar-refractivity contribution in [1.29, 1.82) is 0 Å². The Hall–Kier alpha value is -2.93. The van der Waals surface area contributed by atoms with Crippen molar-refractivity contribution in [3.05, 3.63) is 58.8 Å². The molecule has 1 aromatic heterocycles. The van der Waals surface area contributed by atoms with Crippen molar-refractivity contribution >= 4 is 17.7 Å². The summed E-state index contributed by atoms with van der Waals surface area (Å²) in [5, 5.41) is 8.93. The summed E-state index contributed by atoms with van der Waals surface area (Å²) in [4.78, 5) is 31.3. The summed E-state index contributed by atoms with van der Waals surface area (Å²) in [7, 11) is 1.74. The fourth-order valence-electron chi connectivity index (χ4n) is 3.19. The number of nitrogens with two attached hydrogens (primary N) is 1. The quantitative estimate of drug-likeness (QED) is 0.841. The number of amides is 1. The summed E-state index contributed by atoms with van der Waals surface area (Å²) < 4.78 is 0. The molecule has 7 nitrogen and oxygen atoms in total. The summed E-state index contributed by atoms with van der Waals surface area (Å²) in [5.41, 5.74) is 9.23. The lowest BCUT2D eigenvalue weighted by Gasteiger charge is -2.28. The molecule has 1 aromatic carbocycles.